The van der Waals surface area contributed by atoms with E-state index in [9.17, 15) is 10.1 Å². The molecule has 0 spiro atoms. The minimum Gasteiger partial charge on any atom is -0.330 e. The highest BCUT2D eigenvalue weighted by atomic mass is 32.1. The molecule has 1 aliphatic heterocycles. The van der Waals surface area contributed by atoms with Gasteiger partial charge in [0.2, 0.25) is 0 Å². The normalized spacial score (nSPS) is 25.3. The fourth-order valence-corrected chi connectivity index (χ4v) is 3.59. The zero-order valence-electron chi connectivity index (χ0n) is 9.83. The molecule has 1 saturated heterocycles. The Morgan fingerprint density at radius 1 is 1.65 bits per heavy atom. The monoisotopic (exact) mass is 255 g/mol. The topological polar surface area (TPSA) is 72.4 Å². The van der Waals surface area contributed by atoms with Gasteiger partial charge in [-0.3, -0.25) is 15.0 Å². The van der Waals surface area contributed by atoms with E-state index in [1.165, 1.54) is 11.3 Å². The zero-order chi connectivity index (χ0) is 12.4. The first kappa shape index (κ1) is 12.5. The van der Waals surface area contributed by atoms with E-state index >= 15 is 0 Å². The largest absolute Gasteiger partial charge is 0.330 e. The van der Waals surface area contributed by atoms with Crippen LogP contribution in [0, 0.1) is 16.0 Å². The second-order valence-electron chi connectivity index (χ2n) is 4.29. The maximum atomic E-state index is 10.7. The van der Waals surface area contributed by atoms with Crippen LogP contribution in [0.15, 0.2) is 12.1 Å². The molecule has 2 heterocycles. The van der Waals surface area contributed by atoms with Crippen LogP contribution in [0.3, 0.4) is 0 Å². The molecule has 1 aromatic rings. The van der Waals surface area contributed by atoms with Crippen LogP contribution in [0.4, 0.5) is 5.00 Å². The smallest absolute Gasteiger partial charge is 0.324 e. The van der Waals surface area contributed by atoms with Crippen molar-refractivity contribution in [3.05, 3.63) is 27.1 Å². The Morgan fingerprint density at radius 3 is 2.94 bits per heavy atom. The van der Waals surface area contributed by atoms with Crippen molar-refractivity contribution >= 4 is 16.3 Å². The molecule has 2 rings (SSSR count). The van der Waals surface area contributed by atoms with E-state index in [0.29, 0.717) is 12.5 Å². The third kappa shape index (κ3) is 2.34. The summed E-state index contributed by atoms with van der Waals surface area (Å²) in [7, 11) is 0. The first-order valence-electron chi connectivity index (χ1n) is 5.85. The third-order valence-corrected chi connectivity index (χ3v) is 4.53. The first-order valence-corrected chi connectivity index (χ1v) is 6.67. The standard InChI is InChI=1S/C11H17N3O2S/c1-2-13-6-5-8(7-12)11(13)9-3-4-10(17-9)14(15)16/h3-4,8,11H,2,5-7,12H2,1H3. The van der Waals surface area contributed by atoms with E-state index in [4.69, 9.17) is 5.73 Å². The molecular weight excluding hydrogens is 238 g/mol. The highest BCUT2D eigenvalue weighted by Crippen LogP contribution is 2.41. The van der Waals surface area contributed by atoms with Crippen molar-refractivity contribution in [2.75, 3.05) is 19.6 Å². The minimum absolute atomic E-state index is 0.221. The van der Waals surface area contributed by atoms with E-state index in [2.05, 4.69) is 11.8 Å². The van der Waals surface area contributed by atoms with Crippen LogP contribution in [0.25, 0.3) is 0 Å². The van der Waals surface area contributed by atoms with Gasteiger partial charge in [-0.1, -0.05) is 18.3 Å². The number of nitrogens with two attached hydrogens (primary N) is 1. The van der Waals surface area contributed by atoms with Gasteiger partial charge in [0.15, 0.2) is 0 Å². The fourth-order valence-electron chi connectivity index (χ4n) is 2.54. The van der Waals surface area contributed by atoms with Crippen LogP contribution in [0.5, 0.6) is 0 Å². The van der Waals surface area contributed by atoms with Crippen LogP contribution in [0.1, 0.15) is 24.3 Å². The SMILES string of the molecule is CCN1CCC(CN)C1c1ccc([N+](=O)[O-])s1. The highest BCUT2D eigenvalue weighted by Gasteiger charge is 2.35. The maximum Gasteiger partial charge on any atom is 0.324 e. The van der Waals surface area contributed by atoms with Crippen LogP contribution < -0.4 is 5.73 Å². The molecule has 6 heteroatoms. The summed E-state index contributed by atoms with van der Waals surface area (Å²) in [5.74, 6) is 0.424. The predicted molar refractivity (Wildman–Crippen MR) is 68.1 cm³/mol. The summed E-state index contributed by atoms with van der Waals surface area (Å²) in [6, 6.07) is 3.74. The third-order valence-electron chi connectivity index (χ3n) is 3.42. The van der Waals surface area contributed by atoms with Crippen molar-refractivity contribution in [1.82, 2.24) is 4.90 Å². The Kier molecular flexibility index (Phi) is 3.76. The summed E-state index contributed by atoms with van der Waals surface area (Å²) in [4.78, 5) is 13.8. The number of thiophene rings is 1. The van der Waals surface area contributed by atoms with Gasteiger partial charge in [0.05, 0.1) is 4.92 Å². The quantitative estimate of drug-likeness (QED) is 0.659. The Balaban J connectivity index is 2.25. The van der Waals surface area contributed by atoms with E-state index in [1.807, 2.05) is 6.07 Å². The molecule has 0 aromatic carbocycles. The average molecular weight is 255 g/mol. The van der Waals surface area contributed by atoms with Crippen LogP contribution in [-0.4, -0.2) is 29.5 Å². The van der Waals surface area contributed by atoms with Crippen molar-refractivity contribution in [2.24, 2.45) is 11.7 Å². The van der Waals surface area contributed by atoms with Gasteiger partial charge in [0.25, 0.3) is 0 Å². The lowest BCUT2D eigenvalue weighted by Gasteiger charge is -2.25. The first-order chi connectivity index (χ1) is 8.17. The second-order valence-corrected chi connectivity index (χ2v) is 5.38. The van der Waals surface area contributed by atoms with Gasteiger partial charge in [-0.05, 0) is 38.0 Å². The van der Waals surface area contributed by atoms with Gasteiger partial charge in [-0.15, -0.1) is 0 Å². The fraction of sp³-hybridized carbons (Fsp3) is 0.636. The molecule has 2 unspecified atom stereocenters. The number of likely N-dealkylation sites (tertiary alicyclic amines) is 1. The molecule has 17 heavy (non-hydrogen) atoms. The molecular formula is C11H17N3O2S. The number of rotatable bonds is 4. The van der Waals surface area contributed by atoms with Crippen LogP contribution >= 0.6 is 11.3 Å². The van der Waals surface area contributed by atoms with Crippen LogP contribution in [-0.2, 0) is 0 Å². The summed E-state index contributed by atoms with van der Waals surface area (Å²) >= 11 is 1.28. The van der Waals surface area contributed by atoms with E-state index < -0.39 is 0 Å². The predicted octanol–water partition coefficient (Wildman–Crippen LogP) is 2.00. The summed E-state index contributed by atoms with van der Waals surface area (Å²) < 4.78 is 0. The van der Waals surface area contributed by atoms with Gasteiger partial charge in [-0.2, -0.15) is 0 Å². The molecule has 0 saturated carbocycles. The van der Waals surface area contributed by atoms with Gasteiger partial charge in [0.1, 0.15) is 0 Å². The van der Waals surface area contributed by atoms with E-state index in [-0.39, 0.29) is 16.0 Å². The molecule has 94 valence electrons. The Bertz CT molecular complexity index is 395. The summed E-state index contributed by atoms with van der Waals surface area (Å²) in [5, 5.41) is 10.9. The maximum absolute atomic E-state index is 10.7. The van der Waals surface area contributed by atoms with Crippen molar-refractivity contribution in [3.8, 4) is 0 Å². The van der Waals surface area contributed by atoms with Crippen molar-refractivity contribution < 1.29 is 4.92 Å². The zero-order valence-corrected chi connectivity index (χ0v) is 10.7. The molecule has 0 aliphatic carbocycles. The van der Waals surface area contributed by atoms with E-state index in [0.717, 1.165) is 24.4 Å². The molecule has 0 radical (unpaired) electrons. The lowest BCUT2D eigenvalue weighted by molar-refractivity contribution is -0.380. The summed E-state index contributed by atoms with van der Waals surface area (Å²) in [6.07, 6.45) is 1.08. The number of hydrogen-bond acceptors (Lipinski definition) is 5. The Hall–Kier alpha value is -0.980. The summed E-state index contributed by atoms with van der Waals surface area (Å²) in [6.45, 7) is 4.77. The summed E-state index contributed by atoms with van der Waals surface area (Å²) in [5.41, 5.74) is 5.79. The van der Waals surface area contributed by atoms with Gasteiger partial charge in [-0.25, -0.2) is 0 Å². The lowest BCUT2D eigenvalue weighted by atomic mass is 9.99. The molecule has 1 aromatic heterocycles. The molecule has 2 atom stereocenters. The minimum atomic E-state index is -0.323. The van der Waals surface area contributed by atoms with Gasteiger partial charge < -0.3 is 5.73 Å². The highest BCUT2D eigenvalue weighted by molar-refractivity contribution is 7.15. The molecule has 0 bridgehead atoms. The molecule has 1 aliphatic rings. The Morgan fingerprint density at radius 2 is 2.41 bits per heavy atom. The lowest BCUT2D eigenvalue weighted by Crippen LogP contribution is -2.27. The number of nitro groups is 1. The van der Waals surface area contributed by atoms with Crippen molar-refractivity contribution in [1.29, 1.82) is 0 Å². The molecule has 5 nitrogen and oxygen atoms in total. The van der Waals surface area contributed by atoms with Crippen molar-refractivity contribution in [3.63, 3.8) is 0 Å². The average Bonchev–Trinajstić information content (AvgIpc) is 2.94. The van der Waals surface area contributed by atoms with Crippen molar-refractivity contribution in [2.45, 2.75) is 19.4 Å². The van der Waals surface area contributed by atoms with Crippen LogP contribution in [0.2, 0.25) is 0 Å². The molecule has 1 fully saturated rings. The Labute approximate surface area is 104 Å². The number of hydrogen-bond donors (Lipinski definition) is 1. The molecule has 0 amide bonds. The van der Waals surface area contributed by atoms with E-state index in [1.54, 1.807) is 6.07 Å². The molecule has 2 N–H and O–H groups in total. The second kappa shape index (κ2) is 5.12. The van der Waals surface area contributed by atoms with Gasteiger partial charge >= 0.3 is 5.00 Å². The van der Waals surface area contributed by atoms with Gasteiger partial charge in [0, 0.05) is 17.0 Å². The number of nitrogens with zero attached hydrogens (tertiary/aromatic N) is 2.